The van der Waals surface area contributed by atoms with Gasteiger partial charge in [-0.25, -0.2) is 0 Å². The summed E-state index contributed by atoms with van der Waals surface area (Å²) in [6.07, 6.45) is 0.980. The van der Waals surface area contributed by atoms with Crippen LogP contribution in [0.25, 0.3) is 22.3 Å². The number of thiophene rings is 1. The number of rotatable bonds is 4. The van der Waals surface area contributed by atoms with E-state index in [0.717, 1.165) is 35.5 Å². The van der Waals surface area contributed by atoms with Crippen LogP contribution < -0.4 is 16.8 Å². The van der Waals surface area contributed by atoms with E-state index in [2.05, 4.69) is 58.5 Å². The lowest BCUT2D eigenvalue weighted by Crippen LogP contribution is -2.03. The summed E-state index contributed by atoms with van der Waals surface area (Å²) in [6, 6.07) is 20.9. The highest BCUT2D eigenvalue weighted by Gasteiger charge is 2.20. The average molecular weight is 456 g/mol. The molecule has 30 heavy (non-hydrogen) atoms. The summed E-state index contributed by atoms with van der Waals surface area (Å²) in [5.74, 6) is 0. The Bertz CT molecular complexity index is 1190. The Morgan fingerprint density at radius 3 is 2.47 bits per heavy atom. The molecule has 4 aromatic rings. The molecular weight excluding hydrogens is 433 g/mol. The molecule has 154 valence electrons. The highest BCUT2D eigenvalue weighted by atomic mass is 35.5. The molecule has 1 heterocycles. The van der Waals surface area contributed by atoms with E-state index in [1.165, 1.54) is 33.5 Å². The summed E-state index contributed by atoms with van der Waals surface area (Å²) in [5, 5.41) is 7.99. The molecule has 6 heteroatoms. The molecule has 3 aromatic carbocycles. The van der Waals surface area contributed by atoms with Gasteiger partial charge < -0.3 is 16.8 Å². The minimum absolute atomic E-state index is 0. The van der Waals surface area contributed by atoms with Crippen LogP contribution in [0, 0.1) is 0 Å². The SMILES string of the molecule is Cl.Cl.Nc1ccc(N)c(-c2cscc2CNc2cccc3c2Cc2ccccc2-3)c1. The maximum atomic E-state index is 6.21. The average Bonchev–Trinajstić information content (AvgIpc) is 3.33. The first-order valence-corrected chi connectivity index (χ1v) is 10.3. The second-order valence-corrected chi connectivity index (χ2v) is 7.92. The fraction of sp³-hybridized carbons (Fsp3) is 0.0833. The molecule has 0 bridgehead atoms. The zero-order chi connectivity index (χ0) is 19.1. The molecule has 0 saturated carbocycles. The molecule has 5 rings (SSSR count). The summed E-state index contributed by atoms with van der Waals surface area (Å²) >= 11 is 1.69. The number of fused-ring (bicyclic) bond motifs is 3. The number of halogens is 2. The van der Waals surface area contributed by atoms with E-state index in [-0.39, 0.29) is 24.8 Å². The molecule has 0 fully saturated rings. The van der Waals surface area contributed by atoms with E-state index in [1.807, 2.05) is 18.2 Å². The van der Waals surface area contributed by atoms with E-state index in [1.54, 1.807) is 11.3 Å². The highest BCUT2D eigenvalue weighted by Crippen LogP contribution is 2.40. The van der Waals surface area contributed by atoms with Crippen LogP contribution in [0.1, 0.15) is 16.7 Å². The Hall–Kier alpha value is -2.66. The molecule has 0 saturated heterocycles. The van der Waals surface area contributed by atoms with Crippen molar-refractivity contribution in [2.45, 2.75) is 13.0 Å². The molecule has 1 aromatic heterocycles. The van der Waals surface area contributed by atoms with Crippen molar-refractivity contribution in [3.8, 4) is 22.3 Å². The number of hydrogen-bond donors (Lipinski definition) is 3. The Morgan fingerprint density at radius 1 is 0.800 bits per heavy atom. The van der Waals surface area contributed by atoms with Crippen molar-refractivity contribution in [1.82, 2.24) is 0 Å². The van der Waals surface area contributed by atoms with Crippen LogP contribution in [0.2, 0.25) is 0 Å². The highest BCUT2D eigenvalue weighted by molar-refractivity contribution is 7.08. The third-order valence-corrected chi connectivity index (χ3v) is 6.22. The van der Waals surface area contributed by atoms with Crippen LogP contribution >= 0.6 is 36.2 Å². The van der Waals surface area contributed by atoms with E-state index in [4.69, 9.17) is 11.5 Å². The molecule has 1 aliphatic carbocycles. The second kappa shape index (κ2) is 9.00. The van der Waals surface area contributed by atoms with Crippen molar-refractivity contribution in [3.05, 3.63) is 88.1 Å². The molecule has 0 aliphatic heterocycles. The molecule has 0 unspecified atom stereocenters. The molecule has 3 nitrogen and oxygen atoms in total. The van der Waals surface area contributed by atoms with Crippen molar-refractivity contribution in [3.63, 3.8) is 0 Å². The largest absolute Gasteiger partial charge is 0.399 e. The topological polar surface area (TPSA) is 64.1 Å². The summed E-state index contributed by atoms with van der Waals surface area (Å²) in [7, 11) is 0. The number of nitrogen functional groups attached to an aromatic ring is 2. The molecule has 0 atom stereocenters. The maximum absolute atomic E-state index is 6.21. The van der Waals surface area contributed by atoms with Crippen molar-refractivity contribution in [1.29, 1.82) is 0 Å². The number of anilines is 3. The molecular formula is C24H23Cl2N3S. The smallest absolute Gasteiger partial charge is 0.0415 e. The Balaban J connectivity index is 0.00000128. The Kier molecular flexibility index (Phi) is 6.61. The van der Waals surface area contributed by atoms with Gasteiger partial charge in [-0.2, -0.15) is 11.3 Å². The first-order valence-electron chi connectivity index (χ1n) is 9.35. The second-order valence-electron chi connectivity index (χ2n) is 7.18. The number of hydrogen-bond acceptors (Lipinski definition) is 4. The monoisotopic (exact) mass is 455 g/mol. The van der Waals surface area contributed by atoms with Crippen LogP contribution in [0.4, 0.5) is 17.1 Å². The van der Waals surface area contributed by atoms with E-state index in [9.17, 15) is 0 Å². The first kappa shape index (κ1) is 22.0. The van der Waals surface area contributed by atoms with Crippen LogP contribution in [-0.2, 0) is 13.0 Å². The van der Waals surface area contributed by atoms with Crippen molar-refractivity contribution in [2.75, 3.05) is 16.8 Å². The van der Waals surface area contributed by atoms with Gasteiger partial charge in [-0.1, -0.05) is 36.4 Å². The number of benzene rings is 3. The quantitative estimate of drug-likeness (QED) is 0.267. The van der Waals surface area contributed by atoms with Crippen LogP contribution in [0.3, 0.4) is 0 Å². The summed E-state index contributed by atoms with van der Waals surface area (Å²) < 4.78 is 0. The lowest BCUT2D eigenvalue weighted by Gasteiger charge is -2.13. The minimum atomic E-state index is 0. The molecule has 0 amide bonds. The van der Waals surface area contributed by atoms with Crippen LogP contribution in [-0.4, -0.2) is 0 Å². The summed E-state index contributed by atoms with van der Waals surface area (Å²) in [6.45, 7) is 0.750. The van der Waals surface area contributed by atoms with Crippen molar-refractivity contribution < 1.29 is 0 Å². The molecule has 1 aliphatic rings. The summed E-state index contributed by atoms with van der Waals surface area (Å²) in [4.78, 5) is 0. The standard InChI is InChI=1S/C24H21N3S.2ClH/c25-17-8-9-23(26)20(11-17)22-14-28-13-16(22)12-27-24-7-3-6-19-18-5-2-1-4-15(18)10-21(19)24;;/h1-9,11,13-14,27H,10,12,25-26H2;2*1H. The van der Waals surface area contributed by atoms with Crippen molar-refractivity contribution >= 4 is 53.2 Å². The fourth-order valence-electron chi connectivity index (χ4n) is 4.02. The molecule has 0 spiro atoms. The van der Waals surface area contributed by atoms with Gasteiger partial charge in [-0.05, 0) is 68.4 Å². The predicted molar refractivity (Wildman–Crippen MR) is 135 cm³/mol. The zero-order valence-electron chi connectivity index (χ0n) is 16.2. The van der Waals surface area contributed by atoms with Crippen molar-refractivity contribution in [2.24, 2.45) is 0 Å². The van der Waals surface area contributed by atoms with Gasteiger partial charge in [0.05, 0.1) is 0 Å². The normalized spacial score (nSPS) is 11.1. The molecule has 0 radical (unpaired) electrons. The van der Waals surface area contributed by atoms with Gasteiger partial charge in [0, 0.05) is 35.6 Å². The third-order valence-electron chi connectivity index (χ3n) is 5.43. The van der Waals surface area contributed by atoms with Gasteiger partial charge in [0.25, 0.3) is 0 Å². The van der Waals surface area contributed by atoms with Gasteiger partial charge in [0.1, 0.15) is 0 Å². The lowest BCUT2D eigenvalue weighted by atomic mass is 10.0. The number of nitrogens with one attached hydrogen (secondary N) is 1. The van der Waals surface area contributed by atoms with Crippen LogP contribution in [0.5, 0.6) is 0 Å². The Labute approximate surface area is 193 Å². The van der Waals surface area contributed by atoms with Crippen LogP contribution in [0.15, 0.2) is 71.4 Å². The van der Waals surface area contributed by atoms with E-state index in [0.29, 0.717) is 0 Å². The third kappa shape index (κ3) is 3.86. The van der Waals surface area contributed by atoms with Gasteiger partial charge in [0.15, 0.2) is 0 Å². The zero-order valence-corrected chi connectivity index (χ0v) is 18.7. The van der Waals surface area contributed by atoms with Gasteiger partial charge in [-0.15, -0.1) is 24.8 Å². The van der Waals surface area contributed by atoms with E-state index < -0.39 is 0 Å². The number of nitrogens with two attached hydrogens (primary N) is 2. The lowest BCUT2D eigenvalue weighted by molar-refractivity contribution is 1.14. The Morgan fingerprint density at radius 2 is 1.60 bits per heavy atom. The fourth-order valence-corrected chi connectivity index (χ4v) is 4.87. The maximum Gasteiger partial charge on any atom is 0.0415 e. The minimum Gasteiger partial charge on any atom is -0.399 e. The molecule has 5 N–H and O–H groups in total. The van der Waals surface area contributed by atoms with Gasteiger partial charge in [0.2, 0.25) is 0 Å². The predicted octanol–water partition coefficient (Wildman–Crippen LogP) is 6.61. The first-order chi connectivity index (χ1) is 13.7. The van der Waals surface area contributed by atoms with Gasteiger partial charge >= 0.3 is 0 Å². The van der Waals surface area contributed by atoms with E-state index >= 15 is 0 Å². The summed E-state index contributed by atoms with van der Waals surface area (Å²) in [5.41, 5.74) is 23.7. The van der Waals surface area contributed by atoms with Gasteiger partial charge in [-0.3, -0.25) is 0 Å².